The van der Waals surface area contributed by atoms with Gasteiger partial charge in [0.1, 0.15) is 11.5 Å². The Balaban J connectivity index is 1.61. The van der Waals surface area contributed by atoms with E-state index >= 15 is 0 Å². The average Bonchev–Trinajstić information content (AvgIpc) is 3.39. The molecule has 4 aromatic rings. The number of rotatable bonds is 5. The molecule has 5 rings (SSSR count). The first kappa shape index (κ1) is 20.9. The van der Waals surface area contributed by atoms with E-state index in [-0.39, 0.29) is 5.91 Å². The maximum absolute atomic E-state index is 13.6. The third-order valence-corrected chi connectivity index (χ3v) is 6.33. The SMILES string of the molecule is COc1ccc(/C=C2/N=C(c3ccccc3)N(c3nc4ccc(C)cc4s3)C2=O)cc1OC. The molecule has 0 N–H and O–H groups in total. The number of benzene rings is 3. The number of methoxy groups -OCH3 is 2. The fourth-order valence-corrected chi connectivity index (χ4v) is 4.76. The summed E-state index contributed by atoms with van der Waals surface area (Å²) in [6.07, 6.45) is 1.75. The average molecular weight is 456 g/mol. The second-order valence-corrected chi connectivity index (χ2v) is 8.56. The molecule has 1 aliphatic heterocycles. The minimum Gasteiger partial charge on any atom is -0.493 e. The monoisotopic (exact) mass is 455 g/mol. The summed E-state index contributed by atoms with van der Waals surface area (Å²) >= 11 is 1.48. The van der Waals surface area contributed by atoms with Crippen LogP contribution in [-0.2, 0) is 4.79 Å². The Kier molecular flexibility index (Phi) is 5.40. The van der Waals surface area contributed by atoms with Crippen molar-refractivity contribution in [2.75, 3.05) is 19.1 Å². The Morgan fingerprint density at radius 1 is 0.939 bits per heavy atom. The van der Waals surface area contributed by atoms with Crippen molar-refractivity contribution in [1.29, 1.82) is 0 Å². The highest BCUT2D eigenvalue weighted by Crippen LogP contribution is 2.35. The minimum absolute atomic E-state index is 0.223. The molecule has 3 aromatic carbocycles. The Morgan fingerprint density at radius 3 is 2.48 bits per heavy atom. The molecule has 0 fully saturated rings. The molecule has 7 heteroatoms. The summed E-state index contributed by atoms with van der Waals surface area (Å²) in [5.74, 6) is 1.54. The van der Waals surface area contributed by atoms with Gasteiger partial charge in [-0.25, -0.2) is 14.9 Å². The molecule has 0 unspecified atom stereocenters. The van der Waals surface area contributed by atoms with Crippen LogP contribution >= 0.6 is 11.3 Å². The highest BCUT2D eigenvalue weighted by molar-refractivity contribution is 7.22. The van der Waals surface area contributed by atoms with Crippen LogP contribution in [0, 0.1) is 6.92 Å². The van der Waals surface area contributed by atoms with Gasteiger partial charge in [-0.15, -0.1) is 0 Å². The molecule has 0 spiro atoms. The molecule has 1 amide bonds. The van der Waals surface area contributed by atoms with Crippen molar-refractivity contribution in [2.45, 2.75) is 6.92 Å². The number of anilines is 1. The van der Waals surface area contributed by atoms with Crippen LogP contribution in [0.15, 0.2) is 77.4 Å². The highest BCUT2D eigenvalue weighted by atomic mass is 32.1. The Hall–Kier alpha value is -3.97. The number of fused-ring (bicyclic) bond motifs is 1. The number of aryl methyl sites for hydroxylation is 1. The lowest BCUT2D eigenvalue weighted by atomic mass is 10.1. The standard InChI is InChI=1S/C26H21N3O3S/c1-16-9-11-19-23(13-16)33-26(28-19)29-24(18-7-5-4-6-8-18)27-20(25(29)30)14-17-10-12-21(31-2)22(15-17)32-3/h4-15H,1-3H3/b20-14+. The molecule has 1 aliphatic rings. The first-order valence-electron chi connectivity index (χ1n) is 10.4. The number of carbonyl (C=O) groups excluding carboxylic acids is 1. The summed E-state index contributed by atoms with van der Waals surface area (Å²) in [7, 11) is 3.17. The van der Waals surface area contributed by atoms with Crippen molar-refractivity contribution in [2.24, 2.45) is 4.99 Å². The van der Waals surface area contributed by atoms with E-state index in [2.05, 4.69) is 6.07 Å². The third kappa shape index (κ3) is 3.87. The number of aliphatic imine (C=N–C) groups is 1. The summed E-state index contributed by atoms with van der Waals surface area (Å²) in [4.78, 5) is 24.6. The molecule has 0 aliphatic carbocycles. The van der Waals surface area contributed by atoms with Gasteiger partial charge in [-0.1, -0.05) is 53.8 Å². The lowest BCUT2D eigenvalue weighted by Gasteiger charge is -2.14. The van der Waals surface area contributed by atoms with Gasteiger partial charge in [-0.2, -0.15) is 0 Å². The summed E-state index contributed by atoms with van der Waals surface area (Å²) < 4.78 is 11.7. The van der Waals surface area contributed by atoms with Gasteiger partial charge in [0.15, 0.2) is 16.6 Å². The van der Waals surface area contributed by atoms with E-state index in [1.165, 1.54) is 11.3 Å². The van der Waals surface area contributed by atoms with Gasteiger partial charge in [0, 0.05) is 5.56 Å². The number of ether oxygens (including phenoxy) is 2. The number of amidine groups is 1. The lowest BCUT2D eigenvalue weighted by molar-refractivity contribution is -0.113. The van der Waals surface area contributed by atoms with Gasteiger partial charge in [-0.05, 0) is 48.4 Å². The van der Waals surface area contributed by atoms with Gasteiger partial charge in [-0.3, -0.25) is 4.79 Å². The molecular weight excluding hydrogens is 434 g/mol. The molecule has 33 heavy (non-hydrogen) atoms. The van der Waals surface area contributed by atoms with Gasteiger partial charge >= 0.3 is 0 Å². The van der Waals surface area contributed by atoms with Crippen molar-refractivity contribution < 1.29 is 14.3 Å². The first-order chi connectivity index (χ1) is 16.1. The largest absolute Gasteiger partial charge is 0.493 e. The van der Waals surface area contributed by atoms with E-state index in [1.54, 1.807) is 31.3 Å². The van der Waals surface area contributed by atoms with Crippen molar-refractivity contribution in [3.63, 3.8) is 0 Å². The molecular formula is C26H21N3O3S. The third-order valence-electron chi connectivity index (χ3n) is 5.33. The molecule has 6 nitrogen and oxygen atoms in total. The molecule has 1 aromatic heterocycles. The number of carbonyl (C=O) groups is 1. The molecule has 0 bridgehead atoms. The van der Waals surface area contributed by atoms with Crippen LogP contribution in [0.2, 0.25) is 0 Å². The second-order valence-electron chi connectivity index (χ2n) is 7.55. The zero-order chi connectivity index (χ0) is 22.9. The number of hydrogen-bond acceptors (Lipinski definition) is 6. The van der Waals surface area contributed by atoms with Crippen LogP contribution in [0.5, 0.6) is 11.5 Å². The number of thiazole rings is 1. The van der Waals surface area contributed by atoms with E-state index in [0.29, 0.717) is 28.2 Å². The normalized spacial score (nSPS) is 14.8. The van der Waals surface area contributed by atoms with Gasteiger partial charge in [0.05, 0.1) is 24.4 Å². The van der Waals surface area contributed by atoms with E-state index in [1.807, 2.05) is 61.5 Å². The smallest absolute Gasteiger partial charge is 0.284 e. The Labute approximate surface area is 195 Å². The van der Waals surface area contributed by atoms with Crippen LogP contribution in [0.1, 0.15) is 16.7 Å². The predicted molar refractivity (Wildman–Crippen MR) is 132 cm³/mol. The zero-order valence-corrected chi connectivity index (χ0v) is 19.2. The van der Waals surface area contributed by atoms with Crippen LogP contribution in [0.3, 0.4) is 0 Å². The van der Waals surface area contributed by atoms with Crippen LogP contribution in [0.25, 0.3) is 16.3 Å². The van der Waals surface area contributed by atoms with Crippen molar-refractivity contribution in [3.8, 4) is 11.5 Å². The Bertz CT molecular complexity index is 1420. The molecule has 0 saturated carbocycles. The van der Waals surface area contributed by atoms with Crippen LogP contribution < -0.4 is 14.4 Å². The molecule has 164 valence electrons. The summed E-state index contributed by atoms with van der Waals surface area (Å²) in [5, 5.41) is 0.596. The first-order valence-corrected chi connectivity index (χ1v) is 11.2. The number of nitrogens with zero attached hydrogens (tertiary/aromatic N) is 3. The fourth-order valence-electron chi connectivity index (χ4n) is 3.69. The van der Waals surface area contributed by atoms with Crippen LogP contribution in [0.4, 0.5) is 5.13 Å². The summed E-state index contributed by atoms with van der Waals surface area (Å²) in [6, 6.07) is 21.2. The number of hydrogen-bond donors (Lipinski definition) is 0. The lowest BCUT2D eigenvalue weighted by Crippen LogP contribution is -2.32. The van der Waals surface area contributed by atoms with Crippen molar-refractivity contribution >= 4 is 44.5 Å². The highest BCUT2D eigenvalue weighted by Gasteiger charge is 2.34. The van der Waals surface area contributed by atoms with E-state index in [9.17, 15) is 4.79 Å². The molecule has 0 atom stereocenters. The molecule has 2 heterocycles. The quantitative estimate of drug-likeness (QED) is 0.375. The number of aromatic nitrogens is 1. The second kappa shape index (κ2) is 8.52. The van der Waals surface area contributed by atoms with Gasteiger partial charge in [0.2, 0.25) is 0 Å². The topological polar surface area (TPSA) is 64.0 Å². The fraction of sp³-hybridized carbons (Fsp3) is 0.115. The summed E-state index contributed by atoms with van der Waals surface area (Å²) in [5.41, 5.74) is 3.97. The number of amides is 1. The minimum atomic E-state index is -0.223. The van der Waals surface area contributed by atoms with Crippen LogP contribution in [-0.4, -0.2) is 30.9 Å². The maximum atomic E-state index is 13.6. The van der Waals surface area contributed by atoms with E-state index < -0.39 is 0 Å². The predicted octanol–water partition coefficient (Wildman–Crippen LogP) is 5.46. The maximum Gasteiger partial charge on any atom is 0.284 e. The summed E-state index contributed by atoms with van der Waals surface area (Å²) in [6.45, 7) is 2.04. The van der Waals surface area contributed by atoms with Crippen molar-refractivity contribution in [1.82, 2.24) is 4.98 Å². The Morgan fingerprint density at radius 2 is 1.73 bits per heavy atom. The van der Waals surface area contributed by atoms with E-state index in [4.69, 9.17) is 19.5 Å². The molecule has 0 radical (unpaired) electrons. The van der Waals surface area contributed by atoms with Gasteiger partial charge < -0.3 is 9.47 Å². The van der Waals surface area contributed by atoms with E-state index in [0.717, 1.165) is 26.9 Å². The van der Waals surface area contributed by atoms with Crippen molar-refractivity contribution in [3.05, 3.63) is 89.1 Å². The zero-order valence-electron chi connectivity index (χ0n) is 18.4. The molecule has 0 saturated heterocycles. The van der Waals surface area contributed by atoms with Gasteiger partial charge in [0.25, 0.3) is 5.91 Å².